The third-order valence-corrected chi connectivity index (χ3v) is 4.09. The van der Waals surface area contributed by atoms with Crippen LogP contribution in [0.3, 0.4) is 0 Å². The standard InChI is InChI=1S/C14H29N3O2S/c1-15-14(16-6-4-10-20-3)17-7-5-13(11-17)12-19-9-8-18-2/h13H,4-12H2,1-3H3,(H,15,16). The number of thioether (sulfide) groups is 1. The van der Waals surface area contributed by atoms with E-state index in [4.69, 9.17) is 9.47 Å². The Balaban J connectivity index is 2.19. The fraction of sp³-hybridized carbons (Fsp3) is 0.929. The van der Waals surface area contributed by atoms with Crippen LogP contribution in [0.5, 0.6) is 0 Å². The first kappa shape index (κ1) is 17.6. The average Bonchev–Trinajstić information content (AvgIpc) is 2.92. The molecule has 1 atom stereocenters. The number of ether oxygens (including phenoxy) is 2. The van der Waals surface area contributed by atoms with Crippen LogP contribution in [0.15, 0.2) is 4.99 Å². The van der Waals surface area contributed by atoms with Crippen LogP contribution in [0, 0.1) is 5.92 Å². The lowest BCUT2D eigenvalue weighted by atomic mass is 10.1. The van der Waals surface area contributed by atoms with Crippen LogP contribution in [-0.2, 0) is 9.47 Å². The highest BCUT2D eigenvalue weighted by Crippen LogP contribution is 2.16. The lowest BCUT2D eigenvalue weighted by Gasteiger charge is -2.21. The van der Waals surface area contributed by atoms with Crippen LogP contribution < -0.4 is 5.32 Å². The van der Waals surface area contributed by atoms with Crippen molar-refractivity contribution in [2.75, 3.05) is 65.6 Å². The number of aliphatic imine (C=N–C) groups is 1. The second-order valence-electron chi connectivity index (χ2n) is 4.99. The first-order chi connectivity index (χ1) is 9.81. The Kier molecular flexibility index (Phi) is 9.87. The second kappa shape index (κ2) is 11.2. The fourth-order valence-corrected chi connectivity index (χ4v) is 2.74. The molecular formula is C14H29N3O2S. The molecule has 1 unspecified atom stereocenters. The maximum atomic E-state index is 5.62. The van der Waals surface area contributed by atoms with Crippen molar-refractivity contribution in [1.82, 2.24) is 10.2 Å². The monoisotopic (exact) mass is 303 g/mol. The van der Waals surface area contributed by atoms with Crippen LogP contribution in [-0.4, -0.2) is 76.5 Å². The summed E-state index contributed by atoms with van der Waals surface area (Å²) >= 11 is 1.89. The number of methoxy groups -OCH3 is 1. The quantitative estimate of drug-likeness (QED) is 0.395. The Hall–Kier alpha value is -0.460. The molecule has 1 rings (SSSR count). The molecule has 0 radical (unpaired) electrons. The molecule has 0 aliphatic carbocycles. The van der Waals surface area contributed by atoms with E-state index in [1.807, 2.05) is 18.8 Å². The van der Waals surface area contributed by atoms with Gasteiger partial charge in [0.25, 0.3) is 0 Å². The highest BCUT2D eigenvalue weighted by Gasteiger charge is 2.24. The molecule has 1 N–H and O–H groups in total. The number of rotatable bonds is 9. The van der Waals surface area contributed by atoms with Gasteiger partial charge in [-0.1, -0.05) is 0 Å². The first-order valence-electron chi connectivity index (χ1n) is 7.33. The van der Waals surface area contributed by atoms with Crippen molar-refractivity contribution in [3.05, 3.63) is 0 Å². The highest BCUT2D eigenvalue weighted by atomic mass is 32.2. The molecule has 0 aromatic rings. The first-order valence-corrected chi connectivity index (χ1v) is 8.72. The van der Waals surface area contributed by atoms with Crippen molar-refractivity contribution in [3.8, 4) is 0 Å². The van der Waals surface area contributed by atoms with Gasteiger partial charge in [-0.2, -0.15) is 11.8 Å². The van der Waals surface area contributed by atoms with Crippen molar-refractivity contribution in [1.29, 1.82) is 0 Å². The van der Waals surface area contributed by atoms with Crippen molar-refractivity contribution >= 4 is 17.7 Å². The van der Waals surface area contributed by atoms with Gasteiger partial charge in [0, 0.05) is 39.7 Å². The Morgan fingerprint density at radius 2 is 2.30 bits per heavy atom. The van der Waals surface area contributed by atoms with Crippen LogP contribution >= 0.6 is 11.8 Å². The average molecular weight is 303 g/mol. The molecule has 0 spiro atoms. The van der Waals surface area contributed by atoms with Gasteiger partial charge in [0.2, 0.25) is 0 Å². The number of guanidine groups is 1. The molecule has 1 saturated heterocycles. The Labute approximate surface area is 127 Å². The summed E-state index contributed by atoms with van der Waals surface area (Å²) in [5, 5.41) is 3.44. The van der Waals surface area contributed by atoms with Gasteiger partial charge in [-0.25, -0.2) is 0 Å². The second-order valence-corrected chi connectivity index (χ2v) is 5.97. The van der Waals surface area contributed by atoms with E-state index in [2.05, 4.69) is 21.5 Å². The molecule has 0 amide bonds. The fourth-order valence-electron chi connectivity index (χ4n) is 2.30. The molecule has 1 aliphatic heterocycles. The van der Waals surface area contributed by atoms with Gasteiger partial charge in [-0.15, -0.1) is 0 Å². The van der Waals surface area contributed by atoms with E-state index in [1.54, 1.807) is 7.11 Å². The molecule has 5 nitrogen and oxygen atoms in total. The lowest BCUT2D eigenvalue weighted by molar-refractivity contribution is 0.0536. The molecular weight excluding hydrogens is 274 g/mol. The van der Waals surface area contributed by atoms with E-state index < -0.39 is 0 Å². The van der Waals surface area contributed by atoms with E-state index >= 15 is 0 Å². The summed E-state index contributed by atoms with van der Waals surface area (Å²) < 4.78 is 10.6. The smallest absolute Gasteiger partial charge is 0.193 e. The van der Waals surface area contributed by atoms with Gasteiger partial charge >= 0.3 is 0 Å². The van der Waals surface area contributed by atoms with Gasteiger partial charge < -0.3 is 19.7 Å². The van der Waals surface area contributed by atoms with Crippen LogP contribution in [0.1, 0.15) is 12.8 Å². The summed E-state index contributed by atoms with van der Waals surface area (Å²) in [5.41, 5.74) is 0. The SMILES string of the molecule is CN=C(NCCCSC)N1CCC(COCCOC)C1. The maximum absolute atomic E-state index is 5.62. The van der Waals surface area contributed by atoms with Crippen molar-refractivity contribution in [2.45, 2.75) is 12.8 Å². The zero-order chi connectivity index (χ0) is 14.6. The van der Waals surface area contributed by atoms with Gasteiger partial charge in [0.1, 0.15) is 0 Å². The highest BCUT2D eigenvalue weighted by molar-refractivity contribution is 7.98. The molecule has 1 heterocycles. The molecule has 0 bridgehead atoms. The zero-order valence-electron chi connectivity index (χ0n) is 13.1. The maximum Gasteiger partial charge on any atom is 0.193 e. The number of hydrogen-bond acceptors (Lipinski definition) is 4. The summed E-state index contributed by atoms with van der Waals surface area (Å²) in [5.74, 6) is 2.84. The third-order valence-electron chi connectivity index (χ3n) is 3.39. The summed E-state index contributed by atoms with van der Waals surface area (Å²) in [6.45, 7) is 5.29. The number of nitrogens with zero attached hydrogens (tertiary/aromatic N) is 2. The summed E-state index contributed by atoms with van der Waals surface area (Å²) in [4.78, 5) is 6.71. The van der Waals surface area contributed by atoms with Gasteiger partial charge in [-0.3, -0.25) is 4.99 Å². The number of nitrogens with one attached hydrogen (secondary N) is 1. The topological polar surface area (TPSA) is 46.1 Å². The van der Waals surface area contributed by atoms with Crippen LogP contribution in [0.25, 0.3) is 0 Å². The Morgan fingerprint density at radius 3 is 3.00 bits per heavy atom. The Morgan fingerprint density at radius 1 is 1.45 bits per heavy atom. The number of likely N-dealkylation sites (tertiary alicyclic amines) is 1. The van der Waals surface area contributed by atoms with E-state index in [1.165, 1.54) is 18.6 Å². The number of hydrogen-bond donors (Lipinski definition) is 1. The van der Waals surface area contributed by atoms with Gasteiger partial charge in [0.05, 0.1) is 19.8 Å². The van der Waals surface area contributed by atoms with Gasteiger partial charge in [0.15, 0.2) is 5.96 Å². The van der Waals surface area contributed by atoms with E-state index in [9.17, 15) is 0 Å². The summed E-state index contributed by atoms with van der Waals surface area (Å²) in [6.07, 6.45) is 4.50. The Bertz CT molecular complexity index is 277. The van der Waals surface area contributed by atoms with Gasteiger partial charge in [-0.05, 0) is 24.9 Å². The van der Waals surface area contributed by atoms with E-state index in [0.717, 1.165) is 32.2 Å². The molecule has 6 heteroatoms. The minimum atomic E-state index is 0.608. The summed E-state index contributed by atoms with van der Waals surface area (Å²) in [6, 6.07) is 0. The predicted octanol–water partition coefficient (Wildman–Crippen LogP) is 1.30. The largest absolute Gasteiger partial charge is 0.382 e. The lowest BCUT2D eigenvalue weighted by Crippen LogP contribution is -2.40. The van der Waals surface area contributed by atoms with Crippen LogP contribution in [0.4, 0.5) is 0 Å². The molecule has 0 saturated carbocycles. The zero-order valence-corrected chi connectivity index (χ0v) is 13.9. The van der Waals surface area contributed by atoms with Crippen molar-refractivity contribution < 1.29 is 9.47 Å². The molecule has 1 aliphatic rings. The molecule has 118 valence electrons. The van der Waals surface area contributed by atoms with Crippen molar-refractivity contribution in [2.24, 2.45) is 10.9 Å². The molecule has 1 fully saturated rings. The van der Waals surface area contributed by atoms with E-state index in [0.29, 0.717) is 19.1 Å². The van der Waals surface area contributed by atoms with Crippen LogP contribution in [0.2, 0.25) is 0 Å². The predicted molar refractivity (Wildman–Crippen MR) is 86.7 cm³/mol. The molecule has 0 aromatic heterocycles. The van der Waals surface area contributed by atoms with E-state index in [-0.39, 0.29) is 0 Å². The third kappa shape index (κ3) is 6.81. The molecule has 20 heavy (non-hydrogen) atoms. The summed E-state index contributed by atoms with van der Waals surface area (Å²) in [7, 11) is 3.56. The minimum absolute atomic E-state index is 0.608. The minimum Gasteiger partial charge on any atom is -0.382 e. The van der Waals surface area contributed by atoms with Crippen molar-refractivity contribution in [3.63, 3.8) is 0 Å². The normalized spacial score (nSPS) is 19.6. The molecule has 0 aromatic carbocycles.